The lowest BCUT2D eigenvalue weighted by Gasteiger charge is -2.16. The zero-order valence-corrected chi connectivity index (χ0v) is 17.3. The first-order valence-corrected chi connectivity index (χ1v) is 10.5. The van der Waals surface area contributed by atoms with Crippen LogP contribution in [0.25, 0.3) is 22.2 Å². The third-order valence-electron chi connectivity index (χ3n) is 4.04. The van der Waals surface area contributed by atoms with Crippen molar-refractivity contribution in [2.24, 2.45) is 0 Å². The molecule has 0 radical (unpaired) electrons. The van der Waals surface area contributed by atoms with Gasteiger partial charge in [0, 0.05) is 29.3 Å². The van der Waals surface area contributed by atoms with E-state index in [1.807, 2.05) is 20.1 Å². The molecule has 0 bridgehead atoms. The summed E-state index contributed by atoms with van der Waals surface area (Å²) in [5.74, 6) is 0.502. The number of thioether (sulfide) groups is 1. The van der Waals surface area contributed by atoms with E-state index in [0.29, 0.717) is 33.1 Å². The average molecular weight is 422 g/mol. The first kappa shape index (κ1) is 20.3. The number of rotatable bonds is 6. The molecular formula is C18H19N3O5S2. The zero-order valence-electron chi connectivity index (χ0n) is 15.7. The molecule has 0 fully saturated rings. The zero-order chi connectivity index (χ0) is 20.4. The van der Waals surface area contributed by atoms with Crippen LogP contribution in [-0.4, -0.2) is 36.7 Å². The molecule has 0 aliphatic rings. The Labute approximate surface area is 168 Å². The quantitative estimate of drug-likeness (QED) is 0.367. The van der Waals surface area contributed by atoms with E-state index >= 15 is 0 Å². The number of hydrogen-bond acceptors (Lipinski definition) is 7. The lowest BCUT2D eigenvalue weighted by atomic mass is 10.0. The van der Waals surface area contributed by atoms with Gasteiger partial charge in [0.15, 0.2) is 5.16 Å². The summed E-state index contributed by atoms with van der Waals surface area (Å²) in [5.41, 5.74) is 1.20. The summed E-state index contributed by atoms with van der Waals surface area (Å²) in [4.78, 5) is 22.1. The standard InChI is InChI=1S/C18H19N3O5S2/c1-10(2)21-16-12(9-19-18(20-16)27-4)7-15(17(21)22)11-5-13(25-3)8-14(6-11)26-28(23)24/h5-10H,1-4H3,(H,23,24). The molecule has 1 unspecified atom stereocenters. The Morgan fingerprint density at radius 3 is 2.54 bits per heavy atom. The highest BCUT2D eigenvalue weighted by atomic mass is 32.2. The van der Waals surface area contributed by atoms with Crippen LogP contribution in [0.2, 0.25) is 0 Å². The fraction of sp³-hybridized carbons (Fsp3) is 0.278. The maximum absolute atomic E-state index is 13.3. The number of ether oxygens (including phenoxy) is 1. The van der Waals surface area contributed by atoms with Crippen molar-refractivity contribution >= 4 is 34.2 Å². The fourth-order valence-corrected chi connectivity index (χ4v) is 3.46. The number of nitrogens with zero attached hydrogens (tertiary/aromatic N) is 3. The SMILES string of the molecule is COc1cc(OS(=O)O)cc(-c2cc3cnc(SC)nc3n(C(C)C)c2=O)c1. The molecule has 1 N–H and O–H groups in total. The molecule has 0 amide bonds. The highest BCUT2D eigenvalue weighted by molar-refractivity contribution is 7.98. The van der Waals surface area contributed by atoms with Crippen molar-refractivity contribution in [3.05, 3.63) is 40.8 Å². The van der Waals surface area contributed by atoms with Crippen LogP contribution < -0.4 is 14.5 Å². The Morgan fingerprint density at radius 2 is 1.93 bits per heavy atom. The van der Waals surface area contributed by atoms with E-state index in [9.17, 15) is 9.00 Å². The first-order valence-electron chi connectivity index (χ1n) is 8.29. The molecule has 28 heavy (non-hydrogen) atoms. The van der Waals surface area contributed by atoms with Crippen LogP contribution >= 0.6 is 11.8 Å². The molecule has 2 aromatic heterocycles. The van der Waals surface area contributed by atoms with Crippen molar-refractivity contribution < 1.29 is 17.7 Å². The number of methoxy groups -OCH3 is 1. The Morgan fingerprint density at radius 1 is 1.21 bits per heavy atom. The number of hydrogen-bond donors (Lipinski definition) is 1. The molecular weight excluding hydrogens is 402 g/mol. The maximum atomic E-state index is 13.3. The minimum absolute atomic E-state index is 0.111. The minimum Gasteiger partial charge on any atom is -0.497 e. The monoisotopic (exact) mass is 421 g/mol. The van der Waals surface area contributed by atoms with Gasteiger partial charge in [-0.15, -0.1) is 0 Å². The van der Waals surface area contributed by atoms with Crippen LogP contribution in [0.1, 0.15) is 19.9 Å². The van der Waals surface area contributed by atoms with E-state index < -0.39 is 11.4 Å². The van der Waals surface area contributed by atoms with Gasteiger partial charge in [-0.25, -0.2) is 9.97 Å². The maximum Gasteiger partial charge on any atom is 0.357 e. The van der Waals surface area contributed by atoms with Gasteiger partial charge < -0.3 is 8.92 Å². The second-order valence-corrected chi connectivity index (χ2v) is 7.53. The van der Waals surface area contributed by atoms with Crippen molar-refractivity contribution in [1.82, 2.24) is 14.5 Å². The largest absolute Gasteiger partial charge is 0.497 e. The molecule has 10 heteroatoms. The van der Waals surface area contributed by atoms with E-state index in [0.717, 1.165) is 0 Å². The van der Waals surface area contributed by atoms with E-state index in [4.69, 9.17) is 13.5 Å². The Balaban J connectivity index is 2.30. The number of benzene rings is 1. The van der Waals surface area contributed by atoms with E-state index in [-0.39, 0.29) is 17.4 Å². The van der Waals surface area contributed by atoms with E-state index in [1.54, 1.807) is 22.9 Å². The molecule has 0 aliphatic carbocycles. The van der Waals surface area contributed by atoms with Crippen molar-refractivity contribution in [3.63, 3.8) is 0 Å². The summed E-state index contributed by atoms with van der Waals surface area (Å²) in [6.45, 7) is 3.81. The molecule has 0 saturated heterocycles. The van der Waals surface area contributed by atoms with Gasteiger partial charge >= 0.3 is 11.4 Å². The topological polar surface area (TPSA) is 104 Å². The van der Waals surface area contributed by atoms with E-state index in [1.165, 1.54) is 31.0 Å². The van der Waals surface area contributed by atoms with Crippen LogP contribution in [-0.2, 0) is 11.4 Å². The van der Waals surface area contributed by atoms with Gasteiger partial charge in [0.2, 0.25) is 0 Å². The predicted octanol–water partition coefficient (Wildman–Crippen LogP) is 3.29. The number of pyridine rings is 1. The second-order valence-electron chi connectivity index (χ2n) is 6.16. The summed E-state index contributed by atoms with van der Waals surface area (Å²) in [6.07, 6.45) is 3.55. The van der Waals surface area contributed by atoms with Gasteiger partial charge in [-0.2, -0.15) is 4.21 Å². The summed E-state index contributed by atoms with van der Waals surface area (Å²) >= 11 is -1.10. The minimum atomic E-state index is -2.50. The molecule has 0 aliphatic heterocycles. The van der Waals surface area contributed by atoms with E-state index in [2.05, 4.69) is 9.97 Å². The lowest BCUT2D eigenvalue weighted by Crippen LogP contribution is -2.24. The molecule has 148 valence electrons. The summed E-state index contributed by atoms with van der Waals surface area (Å²) < 4.78 is 31.8. The van der Waals surface area contributed by atoms with Crippen LogP contribution in [0.3, 0.4) is 0 Å². The van der Waals surface area contributed by atoms with Crippen LogP contribution in [0, 0.1) is 0 Å². The normalized spacial score (nSPS) is 12.4. The molecule has 3 aromatic rings. The smallest absolute Gasteiger partial charge is 0.357 e. The highest BCUT2D eigenvalue weighted by Gasteiger charge is 2.17. The predicted molar refractivity (Wildman–Crippen MR) is 109 cm³/mol. The summed E-state index contributed by atoms with van der Waals surface area (Å²) in [6, 6.07) is 6.21. The number of aromatic nitrogens is 3. The lowest BCUT2D eigenvalue weighted by molar-refractivity contribution is 0.410. The highest BCUT2D eigenvalue weighted by Crippen LogP contribution is 2.30. The number of fused-ring (bicyclic) bond motifs is 1. The Bertz CT molecular complexity index is 1110. The van der Waals surface area contributed by atoms with Gasteiger partial charge in [0.1, 0.15) is 17.1 Å². The molecule has 8 nitrogen and oxygen atoms in total. The van der Waals surface area contributed by atoms with Gasteiger partial charge in [0.25, 0.3) is 5.56 Å². The van der Waals surface area contributed by atoms with Gasteiger partial charge in [-0.3, -0.25) is 13.9 Å². The first-order chi connectivity index (χ1) is 13.3. The van der Waals surface area contributed by atoms with Gasteiger partial charge in [-0.1, -0.05) is 11.8 Å². The van der Waals surface area contributed by atoms with Crippen molar-refractivity contribution in [2.75, 3.05) is 13.4 Å². The third kappa shape index (κ3) is 4.03. The van der Waals surface area contributed by atoms with Crippen LogP contribution in [0.15, 0.2) is 40.4 Å². The van der Waals surface area contributed by atoms with Crippen molar-refractivity contribution in [2.45, 2.75) is 25.0 Å². The van der Waals surface area contributed by atoms with Crippen molar-refractivity contribution in [3.8, 4) is 22.6 Å². The van der Waals surface area contributed by atoms with Gasteiger partial charge in [0.05, 0.1) is 7.11 Å². The fourth-order valence-electron chi connectivity index (χ4n) is 2.86. The second kappa shape index (κ2) is 8.29. The molecule has 0 saturated carbocycles. The molecule has 1 atom stereocenters. The van der Waals surface area contributed by atoms with Crippen molar-refractivity contribution in [1.29, 1.82) is 0 Å². The Kier molecular flexibility index (Phi) is 6.01. The summed E-state index contributed by atoms with van der Waals surface area (Å²) in [7, 11) is 1.46. The third-order valence-corrected chi connectivity index (χ3v) is 4.94. The Hall–Kier alpha value is -2.43. The average Bonchev–Trinajstić information content (AvgIpc) is 2.65. The van der Waals surface area contributed by atoms with Crippen LogP contribution in [0.4, 0.5) is 0 Å². The molecule has 2 heterocycles. The summed E-state index contributed by atoms with van der Waals surface area (Å²) in [5, 5.41) is 1.29. The van der Waals surface area contributed by atoms with Crippen LogP contribution in [0.5, 0.6) is 11.5 Å². The molecule has 1 aromatic carbocycles. The molecule has 0 spiro atoms. The van der Waals surface area contributed by atoms with Gasteiger partial charge in [-0.05, 0) is 43.9 Å². The molecule has 3 rings (SSSR count).